The van der Waals surface area contributed by atoms with Crippen LogP contribution in [0, 0.1) is 6.92 Å². The maximum absolute atomic E-state index is 4.90. The van der Waals surface area contributed by atoms with Crippen LogP contribution in [-0.4, -0.2) is 13.7 Å². The summed E-state index contributed by atoms with van der Waals surface area (Å²) in [5.74, 6) is 0. The molecule has 1 heteroatoms. The van der Waals surface area contributed by atoms with Crippen molar-refractivity contribution in [1.82, 2.24) is 0 Å². The quantitative estimate of drug-likeness (QED) is 0.408. The van der Waals surface area contributed by atoms with Crippen LogP contribution in [0.2, 0.25) is 0 Å². The maximum atomic E-state index is 4.90. The number of allylic oxidation sites excluding steroid dienone is 2. The highest BCUT2D eigenvalue weighted by molar-refractivity contribution is 4.81. The normalized spacial score (nSPS) is 11.0. The first-order valence-corrected chi connectivity index (χ1v) is 3.85. The molecule has 0 rings (SSSR count). The summed E-state index contributed by atoms with van der Waals surface area (Å²) in [6, 6.07) is 0. The van der Waals surface area contributed by atoms with Gasteiger partial charge in [0.1, 0.15) is 0 Å². The topological polar surface area (TPSA) is 9.23 Å². The summed E-state index contributed by atoms with van der Waals surface area (Å²) in [4.78, 5) is 0. The van der Waals surface area contributed by atoms with Crippen molar-refractivity contribution < 1.29 is 4.74 Å². The van der Waals surface area contributed by atoms with E-state index in [0.29, 0.717) is 0 Å². The third kappa shape index (κ3) is 7.70. The van der Waals surface area contributed by atoms with Gasteiger partial charge in [0.15, 0.2) is 0 Å². The van der Waals surface area contributed by atoms with Crippen molar-refractivity contribution in [3.05, 3.63) is 19.1 Å². The van der Waals surface area contributed by atoms with E-state index in [0.717, 1.165) is 32.3 Å². The first-order chi connectivity index (χ1) is 4.91. The number of hydrogen-bond donors (Lipinski definition) is 0. The van der Waals surface area contributed by atoms with Crippen LogP contribution in [0.4, 0.5) is 0 Å². The maximum Gasteiger partial charge on any atom is 0.0465 e. The van der Waals surface area contributed by atoms with E-state index in [9.17, 15) is 0 Å². The molecule has 0 aromatic heterocycles. The number of methoxy groups -OCH3 is 1. The Kier molecular flexibility index (Phi) is 8.44. The molecule has 0 spiro atoms. The number of ether oxygens (including phenoxy) is 1. The summed E-state index contributed by atoms with van der Waals surface area (Å²) in [6.07, 6.45) is 8.75. The molecule has 0 aliphatic heterocycles. The fourth-order valence-corrected chi connectivity index (χ4v) is 0.699. The van der Waals surface area contributed by atoms with Crippen molar-refractivity contribution in [1.29, 1.82) is 0 Å². The van der Waals surface area contributed by atoms with E-state index < -0.39 is 0 Å². The Morgan fingerprint density at radius 2 is 2.00 bits per heavy atom. The van der Waals surface area contributed by atoms with E-state index >= 15 is 0 Å². The first-order valence-electron chi connectivity index (χ1n) is 3.85. The van der Waals surface area contributed by atoms with Gasteiger partial charge in [-0.25, -0.2) is 0 Å². The standard InChI is InChI=1S/C9H17O/c1-3-4-5-6-7-8-9-10-2/h5-6H,1,3-4,7-9H2,2H3/b6-5+. The Balaban J connectivity index is 2.88. The van der Waals surface area contributed by atoms with Crippen molar-refractivity contribution in [3.63, 3.8) is 0 Å². The van der Waals surface area contributed by atoms with E-state index in [1.54, 1.807) is 7.11 Å². The fraction of sp³-hybridized carbons (Fsp3) is 0.667. The molecule has 1 nitrogen and oxygen atoms in total. The van der Waals surface area contributed by atoms with E-state index in [2.05, 4.69) is 19.1 Å². The predicted octanol–water partition coefficient (Wildman–Crippen LogP) is 2.58. The molecule has 59 valence electrons. The number of rotatable bonds is 6. The summed E-state index contributed by atoms with van der Waals surface area (Å²) in [5, 5.41) is 0. The minimum absolute atomic E-state index is 0.870. The van der Waals surface area contributed by atoms with Crippen LogP contribution in [0.15, 0.2) is 12.2 Å². The van der Waals surface area contributed by atoms with Crippen LogP contribution in [0.1, 0.15) is 25.7 Å². The van der Waals surface area contributed by atoms with Crippen LogP contribution >= 0.6 is 0 Å². The summed E-state index contributed by atoms with van der Waals surface area (Å²) in [6.45, 7) is 4.61. The van der Waals surface area contributed by atoms with Crippen LogP contribution in [-0.2, 0) is 4.74 Å². The predicted molar refractivity (Wildman–Crippen MR) is 44.8 cm³/mol. The van der Waals surface area contributed by atoms with Gasteiger partial charge in [0, 0.05) is 13.7 Å². The summed E-state index contributed by atoms with van der Waals surface area (Å²) >= 11 is 0. The molecule has 0 aromatic carbocycles. The number of hydrogen-bond acceptors (Lipinski definition) is 1. The monoisotopic (exact) mass is 141 g/mol. The minimum Gasteiger partial charge on any atom is -0.385 e. The Labute approximate surface area is 64.1 Å². The fourth-order valence-electron chi connectivity index (χ4n) is 0.699. The molecule has 0 amide bonds. The van der Waals surface area contributed by atoms with Crippen molar-refractivity contribution >= 4 is 0 Å². The van der Waals surface area contributed by atoms with E-state index in [1.165, 1.54) is 0 Å². The molecule has 0 aliphatic carbocycles. The molecule has 1 radical (unpaired) electrons. The molecule has 0 fully saturated rings. The van der Waals surface area contributed by atoms with Gasteiger partial charge in [-0.3, -0.25) is 0 Å². The SMILES string of the molecule is [CH2]CC/C=C/CCCOC. The van der Waals surface area contributed by atoms with Gasteiger partial charge >= 0.3 is 0 Å². The molecule has 0 saturated heterocycles. The highest BCUT2D eigenvalue weighted by Gasteiger charge is 1.80. The molecule has 10 heavy (non-hydrogen) atoms. The van der Waals surface area contributed by atoms with Gasteiger partial charge in [0.05, 0.1) is 0 Å². The molecule has 0 aliphatic rings. The highest BCUT2D eigenvalue weighted by Crippen LogP contribution is 1.94. The van der Waals surface area contributed by atoms with Crippen molar-refractivity contribution in [2.75, 3.05) is 13.7 Å². The lowest BCUT2D eigenvalue weighted by molar-refractivity contribution is 0.196. The first kappa shape index (κ1) is 9.70. The van der Waals surface area contributed by atoms with Gasteiger partial charge in [-0.15, -0.1) is 0 Å². The van der Waals surface area contributed by atoms with E-state index in [-0.39, 0.29) is 0 Å². The Bertz CT molecular complexity index is 76.8. The Morgan fingerprint density at radius 1 is 1.30 bits per heavy atom. The molecule has 0 atom stereocenters. The van der Waals surface area contributed by atoms with Crippen molar-refractivity contribution in [2.45, 2.75) is 25.7 Å². The van der Waals surface area contributed by atoms with Gasteiger partial charge in [-0.1, -0.05) is 19.1 Å². The molecule has 0 heterocycles. The average Bonchev–Trinajstić information content (AvgIpc) is 1.97. The molecule has 0 bridgehead atoms. The van der Waals surface area contributed by atoms with Crippen LogP contribution in [0.25, 0.3) is 0 Å². The lowest BCUT2D eigenvalue weighted by atomic mass is 10.2. The molecular formula is C9H17O. The second kappa shape index (κ2) is 8.70. The average molecular weight is 141 g/mol. The van der Waals surface area contributed by atoms with Crippen LogP contribution in [0.3, 0.4) is 0 Å². The second-order valence-corrected chi connectivity index (χ2v) is 2.25. The third-order valence-electron chi connectivity index (χ3n) is 1.26. The van der Waals surface area contributed by atoms with E-state index in [1.807, 2.05) is 0 Å². The molecule has 0 N–H and O–H groups in total. The molecule has 0 saturated carbocycles. The van der Waals surface area contributed by atoms with Crippen LogP contribution < -0.4 is 0 Å². The van der Waals surface area contributed by atoms with Gasteiger partial charge in [0.2, 0.25) is 0 Å². The molecule has 0 unspecified atom stereocenters. The van der Waals surface area contributed by atoms with Crippen molar-refractivity contribution in [3.8, 4) is 0 Å². The van der Waals surface area contributed by atoms with Gasteiger partial charge in [0.25, 0.3) is 0 Å². The summed E-state index contributed by atoms with van der Waals surface area (Å²) in [7, 11) is 1.74. The van der Waals surface area contributed by atoms with Gasteiger partial charge < -0.3 is 4.74 Å². The zero-order chi connectivity index (χ0) is 7.66. The molecular weight excluding hydrogens is 124 g/mol. The largest absolute Gasteiger partial charge is 0.385 e. The zero-order valence-corrected chi connectivity index (χ0v) is 6.81. The summed E-state index contributed by atoms with van der Waals surface area (Å²) in [5.41, 5.74) is 0. The minimum atomic E-state index is 0.870. The third-order valence-corrected chi connectivity index (χ3v) is 1.26. The summed E-state index contributed by atoms with van der Waals surface area (Å²) < 4.78 is 4.90. The number of unbranched alkanes of at least 4 members (excludes halogenated alkanes) is 2. The molecule has 0 aromatic rings. The highest BCUT2D eigenvalue weighted by atomic mass is 16.5. The lowest BCUT2D eigenvalue weighted by Crippen LogP contribution is -1.85. The van der Waals surface area contributed by atoms with Gasteiger partial charge in [-0.2, -0.15) is 0 Å². The lowest BCUT2D eigenvalue weighted by Gasteiger charge is -1.92. The Hall–Kier alpha value is -0.300. The Morgan fingerprint density at radius 3 is 2.60 bits per heavy atom. The zero-order valence-electron chi connectivity index (χ0n) is 6.81. The van der Waals surface area contributed by atoms with Crippen molar-refractivity contribution in [2.24, 2.45) is 0 Å². The second-order valence-electron chi connectivity index (χ2n) is 2.25. The van der Waals surface area contributed by atoms with Gasteiger partial charge in [-0.05, 0) is 25.7 Å². The van der Waals surface area contributed by atoms with E-state index in [4.69, 9.17) is 4.74 Å². The van der Waals surface area contributed by atoms with Crippen LogP contribution in [0.5, 0.6) is 0 Å². The smallest absolute Gasteiger partial charge is 0.0465 e.